The van der Waals surface area contributed by atoms with Crippen LogP contribution in [0.2, 0.25) is 0 Å². The van der Waals surface area contributed by atoms with Crippen molar-refractivity contribution in [3.05, 3.63) is 0 Å². The fourth-order valence-corrected chi connectivity index (χ4v) is 2.88. The highest BCUT2D eigenvalue weighted by atomic mass is 31.2. The molecule has 0 spiro atoms. The lowest BCUT2D eigenvalue weighted by atomic mass is 10.1. The Hall–Kier alpha value is -0.0900. The van der Waals surface area contributed by atoms with Crippen molar-refractivity contribution in [1.82, 2.24) is 0 Å². The van der Waals surface area contributed by atoms with Gasteiger partial charge in [-0.05, 0) is 6.42 Å². The van der Waals surface area contributed by atoms with E-state index < -0.39 is 7.82 Å². The first-order chi connectivity index (χ1) is 13.6. The number of hydrogen-bond acceptors (Lipinski definition) is 8. The molecule has 10 heteroatoms. The molecule has 0 aliphatic carbocycles. The summed E-state index contributed by atoms with van der Waals surface area (Å²) in [5.41, 5.74) is 0. The van der Waals surface area contributed by atoms with Gasteiger partial charge in [-0.15, -0.1) is 0 Å². The van der Waals surface area contributed by atoms with Gasteiger partial charge in [0.25, 0.3) is 0 Å². The quantitative estimate of drug-likeness (QED) is 0.186. The van der Waals surface area contributed by atoms with Crippen LogP contribution in [0.4, 0.5) is 0 Å². The maximum atomic E-state index is 11.7. The first kappa shape index (κ1) is 27.9. The van der Waals surface area contributed by atoms with Gasteiger partial charge in [-0.2, -0.15) is 0 Å². The van der Waals surface area contributed by atoms with E-state index >= 15 is 0 Å². The van der Waals surface area contributed by atoms with Crippen molar-refractivity contribution in [2.24, 2.45) is 0 Å². The molecule has 0 amide bonds. The minimum atomic E-state index is -3.99. The number of rotatable bonds is 23. The fraction of sp³-hybridized carbons (Fsp3) is 1.00. The third kappa shape index (κ3) is 22.2. The van der Waals surface area contributed by atoms with E-state index in [4.69, 9.17) is 33.1 Å². The predicted octanol–water partition coefficient (Wildman–Crippen LogP) is 2.54. The summed E-state index contributed by atoms with van der Waals surface area (Å²) >= 11 is 0. The van der Waals surface area contributed by atoms with E-state index in [1.165, 1.54) is 19.3 Å². The topological polar surface area (TPSA) is 113 Å². The molecule has 0 aromatic heterocycles. The normalized spacial score (nSPS) is 13.7. The Morgan fingerprint density at radius 3 is 1.57 bits per heavy atom. The van der Waals surface area contributed by atoms with Crippen LogP contribution in [0.1, 0.15) is 45.4 Å². The van der Waals surface area contributed by atoms with E-state index in [2.05, 4.69) is 6.92 Å². The minimum absolute atomic E-state index is 0.0101. The van der Waals surface area contributed by atoms with Gasteiger partial charge in [0, 0.05) is 0 Å². The van der Waals surface area contributed by atoms with E-state index in [1.807, 2.05) is 0 Å². The highest BCUT2D eigenvalue weighted by molar-refractivity contribution is 7.47. The van der Waals surface area contributed by atoms with Gasteiger partial charge in [-0.25, -0.2) is 4.57 Å². The molecule has 0 saturated heterocycles. The number of hydrogen-bond donors (Lipinski definition) is 2. The van der Waals surface area contributed by atoms with Crippen molar-refractivity contribution in [2.45, 2.75) is 45.4 Å². The summed E-state index contributed by atoms with van der Waals surface area (Å²) in [5, 5.41) is 8.52. The second-order valence-electron chi connectivity index (χ2n) is 6.08. The van der Waals surface area contributed by atoms with Crippen LogP contribution in [0.5, 0.6) is 0 Å². The molecule has 1 unspecified atom stereocenters. The molecule has 9 nitrogen and oxygen atoms in total. The van der Waals surface area contributed by atoms with Crippen LogP contribution in [-0.4, -0.2) is 82.7 Å². The number of unbranched alkanes of at least 4 members (excludes halogenated alkanes) is 5. The molecule has 0 saturated carbocycles. The summed E-state index contributed by atoms with van der Waals surface area (Å²) < 4.78 is 42.3. The molecule has 0 bridgehead atoms. The fourth-order valence-electron chi connectivity index (χ4n) is 2.14. The zero-order valence-electron chi connectivity index (χ0n) is 17.2. The highest BCUT2D eigenvalue weighted by Crippen LogP contribution is 2.43. The van der Waals surface area contributed by atoms with Crippen LogP contribution in [0.25, 0.3) is 0 Å². The third-order valence-corrected chi connectivity index (χ3v) is 4.60. The summed E-state index contributed by atoms with van der Waals surface area (Å²) in [6.07, 6.45) is 6.48. The second kappa shape index (κ2) is 21.6. The van der Waals surface area contributed by atoms with E-state index in [0.717, 1.165) is 19.3 Å². The van der Waals surface area contributed by atoms with Gasteiger partial charge in [0.15, 0.2) is 0 Å². The number of phosphoric ester groups is 1. The van der Waals surface area contributed by atoms with E-state index in [1.54, 1.807) is 0 Å². The van der Waals surface area contributed by atoms with Gasteiger partial charge in [-0.3, -0.25) is 9.05 Å². The summed E-state index contributed by atoms with van der Waals surface area (Å²) in [6, 6.07) is 0. The smallest absolute Gasteiger partial charge is 0.394 e. The Morgan fingerprint density at radius 2 is 1.04 bits per heavy atom. The molecule has 0 aromatic rings. The van der Waals surface area contributed by atoms with Crippen LogP contribution >= 0.6 is 7.82 Å². The van der Waals surface area contributed by atoms with Gasteiger partial charge in [0.2, 0.25) is 0 Å². The Kier molecular flexibility index (Phi) is 21.5. The average Bonchev–Trinajstić information content (AvgIpc) is 2.67. The standard InChI is InChI=1S/C18H39O9P/c1-2-3-4-5-6-7-9-26-28(20,21)27-18-17-25-16-15-24-14-13-23-12-11-22-10-8-19/h19H,2-18H2,1H3,(H,20,21). The van der Waals surface area contributed by atoms with Crippen LogP contribution < -0.4 is 0 Å². The SMILES string of the molecule is CCCCCCCCOP(=O)(O)OCCOCCOCCOCCOCCO. The van der Waals surface area contributed by atoms with Gasteiger partial charge in [-0.1, -0.05) is 39.0 Å². The van der Waals surface area contributed by atoms with Gasteiger partial charge in [0.05, 0.1) is 72.7 Å². The predicted molar refractivity (Wildman–Crippen MR) is 105 cm³/mol. The lowest BCUT2D eigenvalue weighted by molar-refractivity contribution is -0.00893. The average molecular weight is 430 g/mol. The van der Waals surface area contributed by atoms with Gasteiger partial charge >= 0.3 is 7.82 Å². The van der Waals surface area contributed by atoms with Crippen molar-refractivity contribution in [1.29, 1.82) is 0 Å². The molecule has 0 rings (SSSR count). The Morgan fingerprint density at radius 1 is 0.607 bits per heavy atom. The number of aliphatic hydroxyl groups excluding tert-OH is 1. The van der Waals surface area contributed by atoms with E-state index in [9.17, 15) is 9.46 Å². The molecular formula is C18H39O9P. The first-order valence-corrected chi connectivity index (χ1v) is 11.7. The summed E-state index contributed by atoms with van der Waals surface area (Å²) in [4.78, 5) is 9.54. The molecule has 1 atom stereocenters. The van der Waals surface area contributed by atoms with Gasteiger partial charge < -0.3 is 28.9 Å². The third-order valence-electron chi connectivity index (χ3n) is 3.59. The summed E-state index contributed by atoms with van der Waals surface area (Å²) in [5.74, 6) is 0. The van der Waals surface area contributed by atoms with Crippen molar-refractivity contribution >= 4 is 7.82 Å². The first-order valence-electron chi connectivity index (χ1n) is 10.2. The van der Waals surface area contributed by atoms with Crippen LogP contribution in [0.15, 0.2) is 0 Å². The molecule has 0 aliphatic heterocycles. The summed E-state index contributed by atoms with van der Waals surface area (Å²) in [6.45, 7) is 5.45. The Bertz CT molecular complexity index is 358. The highest BCUT2D eigenvalue weighted by Gasteiger charge is 2.20. The number of aliphatic hydroxyl groups is 1. The minimum Gasteiger partial charge on any atom is -0.394 e. The molecule has 28 heavy (non-hydrogen) atoms. The molecular weight excluding hydrogens is 391 g/mol. The van der Waals surface area contributed by atoms with Crippen molar-refractivity contribution < 1.29 is 42.6 Å². The molecule has 0 radical (unpaired) electrons. The lowest BCUT2D eigenvalue weighted by Gasteiger charge is -2.12. The number of ether oxygens (including phenoxy) is 4. The zero-order valence-corrected chi connectivity index (χ0v) is 18.1. The zero-order chi connectivity index (χ0) is 20.8. The second-order valence-corrected chi connectivity index (χ2v) is 7.53. The lowest BCUT2D eigenvalue weighted by Crippen LogP contribution is -2.13. The van der Waals surface area contributed by atoms with Crippen molar-refractivity contribution in [2.75, 3.05) is 72.7 Å². The van der Waals surface area contributed by atoms with Crippen LogP contribution in [0, 0.1) is 0 Å². The Balaban J connectivity index is 3.28. The largest absolute Gasteiger partial charge is 0.472 e. The maximum Gasteiger partial charge on any atom is 0.472 e. The molecule has 2 N–H and O–H groups in total. The van der Waals surface area contributed by atoms with Crippen molar-refractivity contribution in [3.63, 3.8) is 0 Å². The number of phosphoric acid groups is 1. The van der Waals surface area contributed by atoms with E-state index in [-0.39, 0.29) is 26.4 Å². The molecule has 0 aromatic carbocycles. The summed E-state index contributed by atoms with van der Waals surface area (Å²) in [7, 11) is -3.99. The Labute approximate surface area is 169 Å². The molecule has 170 valence electrons. The van der Waals surface area contributed by atoms with Crippen LogP contribution in [0.3, 0.4) is 0 Å². The molecule has 0 fully saturated rings. The molecule has 0 heterocycles. The van der Waals surface area contributed by atoms with Crippen LogP contribution in [-0.2, 0) is 32.6 Å². The molecule has 0 aliphatic rings. The van der Waals surface area contributed by atoms with E-state index in [0.29, 0.717) is 46.2 Å². The monoisotopic (exact) mass is 430 g/mol. The maximum absolute atomic E-state index is 11.7. The van der Waals surface area contributed by atoms with Crippen molar-refractivity contribution in [3.8, 4) is 0 Å². The van der Waals surface area contributed by atoms with Gasteiger partial charge in [0.1, 0.15) is 0 Å².